The smallest absolute Gasteiger partial charge is 0.361 e. The van der Waals surface area contributed by atoms with Crippen LogP contribution in [0.5, 0.6) is 0 Å². The van der Waals surface area contributed by atoms with Crippen molar-refractivity contribution in [2.75, 3.05) is 25.0 Å². The lowest BCUT2D eigenvalue weighted by Crippen LogP contribution is -2.45. The van der Waals surface area contributed by atoms with Crippen LogP contribution in [0, 0.1) is 5.92 Å². The summed E-state index contributed by atoms with van der Waals surface area (Å²) in [6.45, 7) is 0.338. The first-order chi connectivity index (χ1) is 12.3. The van der Waals surface area contributed by atoms with Crippen molar-refractivity contribution in [1.29, 1.82) is 0 Å². The van der Waals surface area contributed by atoms with E-state index in [1.807, 2.05) is 35.7 Å². The Hall–Kier alpha value is -1.65. The fraction of sp³-hybridized carbons (Fsp3) is 0.438. The Bertz CT molecular complexity index is 830. The molecule has 1 aliphatic rings. The molecular weight excluding hydrogens is 387 g/mol. The van der Waals surface area contributed by atoms with Crippen LogP contribution in [0.1, 0.15) is 12.8 Å². The van der Waals surface area contributed by atoms with Crippen molar-refractivity contribution in [3.05, 3.63) is 35.7 Å². The van der Waals surface area contributed by atoms with Crippen molar-refractivity contribution in [2.24, 2.45) is 5.92 Å². The number of anilines is 1. The summed E-state index contributed by atoms with van der Waals surface area (Å²) in [4.78, 5) is 4.50. The van der Waals surface area contributed by atoms with Crippen molar-refractivity contribution in [3.8, 4) is 11.3 Å². The molecule has 5 nitrogen and oxygen atoms in total. The molecule has 1 aromatic heterocycles. The zero-order chi connectivity index (χ0) is 18.8. The van der Waals surface area contributed by atoms with Gasteiger partial charge in [0.1, 0.15) is 0 Å². The van der Waals surface area contributed by atoms with Crippen LogP contribution in [-0.4, -0.2) is 42.8 Å². The summed E-state index contributed by atoms with van der Waals surface area (Å²) in [6.07, 6.45) is 0.776. The summed E-state index contributed by atoms with van der Waals surface area (Å²) in [5.41, 5.74) is -3.35. The molecule has 0 spiro atoms. The van der Waals surface area contributed by atoms with Crippen LogP contribution in [-0.2, 0) is 10.0 Å². The molecule has 1 N–H and O–H groups in total. The minimum atomic E-state index is -5.23. The highest BCUT2D eigenvalue weighted by Gasteiger charge is 2.50. The Morgan fingerprint density at radius 1 is 1.19 bits per heavy atom. The third-order valence-corrected chi connectivity index (χ3v) is 6.75. The van der Waals surface area contributed by atoms with Crippen LogP contribution in [0.2, 0.25) is 0 Å². The van der Waals surface area contributed by atoms with E-state index in [-0.39, 0.29) is 19.0 Å². The number of rotatable bonds is 5. The van der Waals surface area contributed by atoms with Gasteiger partial charge < -0.3 is 5.32 Å². The number of sulfonamides is 1. The second kappa shape index (κ2) is 7.53. The molecule has 2 heterocycles. The quantitative estimate of drug-likeness (QED) is 0.822. The Kier molecular flexibility index (Phi) is 5.54. The molecule has 3 rings (SSSR count). The van der Waals surface area contributed by atoms with Crippen molar-refractivity contribution in [2.45, 2.75) is 18.3 Å². The van der Waals surface area contributed by atoms with E-state index in [2.05, 4.69) is 10.3 Å². The third-order valence-electron chi connectivity index (χ3n) is 4.32. The Morgan fingerprint density at radius 2 is 1.85 bits per heavy atom. The Labute approximate surface area is 153 Å². The normalized spacial score (nSPS) is 17.3. The zero-order valence-electron chi connectivity index (χ0n) is 13.7. The maximum atomic E-state index is 12.6. The van der Waals surface area contributed by atoms with Crippen LogP contribution in [0.3, 0.4) is 0 Å². The molecule has 0 radical (unpaired) electrons. The average Bonchev–Trinajstić information content (AvgIpc) is 3.09. The van der Waals surface area contributed by atoms with Crippen LogP contribution in [0.4, 0.5) is 18.3 Å². The molecule has 0 amide bonds. The Balaban J connectivity index is 1.51. The number of hydrogen-bond donors (Lipinski definition) is 1. The molecular formula is C16H18F3N3O2S2. The SMILES string of the molecule is O=S(=O)(N1CCC(CNc2nc(-c3ccccc3)cs2)CC1)C(F)(F)F. The van der Waals surface area contributed by atoms with E-state index < -0.39 is 15.5 Å². The van der Waals surface area contributed by atoms with E-state index in [4.69, 9.17) is 0 Å². The average molecular weight is 405 g/mol. The molecule has 0 aliphatic carbocycles. The largest absolute Gasteiger partial charge is 0.511 e. The number of hydrogen-bond acceptors (Lipinski definition) is 5. The van der Waals surface area contributed by atoms with E-state index in [0.717, 1.165) is 16.4 Å². The number of benzene rings is 1. The first-order valence-corrected chi connectivity index (χ1v) is 10.4. The standard InChI is InChI=1S/C16H18F3N3O2S2/c17-16(18,19)26(23,24)22-8-6-12(7-9-22)10-20-15-21-14(11-25-15)13-4-2-1-3-5-13/h1-5,11-12H,6-10H2,(H,20,21). The highest BCUT2D eigenvalue weighted by molar-refractivity contribution is 7.90. The summed E-state index contributed by atoms with van der Waals surface area (Å²) >= 11 is 1.46. The van der Waals surface area contributed by atoms with Gasteiger partial charge in [0.15, 0.2) is 5.13 Å². The predicted molar refractivity (Wildman–Crippen MR) is 95.3 cm³/mol. The van der Waals surface area contributed by atoms with Gasteiger partial charge in [-0.2, -0.15) is 17.5 Å². The second-order valence-corrected chi connectivity index (χ2v) is 8.87. The summed E-state index contributed by atoms with van der Waals surface area (Å²) in [6, 6.07) is 9.74. The molecule has 0 bridgehead atoms. The maximum Gasteiger partial charge on any atom is 0.511 e. The van der Waals surface area contributed by atoms with Gasteiger partial charge in [0, 0.05) is 30.6 Å². The number of piperidine rings is 1. The van der Waals surface area contributed by atoms with Gasteiger partial charge in [0.2, 0.25) is 0 Å². The molecule has 1 saturated heterocycles. The first kappa shape index (κ1) is 19.1. The van der Waals surface area contributed by atoms with E-state index in [9.17, 15) is 21.6 Å². The van der Waals surface area contributed by atoms with Gasteiger partial charge in [-0.1, -0.05) is 30.3 Å². The van der Waals surface area contributed by atoms with Crippen LogP contribution in [0.15, 0.2) is 35.7 Å². The van der Waals surface area contributed by atoms with Gasteiger partial charge in [-0.3, -0.25) is 0 Å². The van der Waals surface area contributed by atoms with E-state index in [0.29, 0.717) is 23.7 Å². The minimum Gasteiger partial charge on any atom is -0.361 e. The van der Waals surface area contributed by atoms with Gasteiger partial charge in [0.25, 0.3) is 0 Å². The monoisotopic (exact) mass is 405 g/mol. The molecule has 0 unspecified atom stereocenters. The molecule has 1 fully saturated rings. The van der Waals surface area contributed by atoms with Crippen molar-refractivity contribution < 1.29 is 21.6 Å². The number of halogens is 3. The zero-order valence-corrected chi connectivity index (χ0v) is 15.4. The van der Waals surface area contributed by atoms with Crippen molar-refractivity contribution in [3.63, 3.8) is 0 Å². The number of aromatic nitrogens is 1. The number of alkyl halides is 3. The van der Waals surface area contributed by atoms with E-state index >= 15 is 0 Å². The fourth-order valence-corrected chi connectivity index (χ4v) is 4.54. The topological polar surface area (TPSA) is 62.3 Å². The highest BCUT2D eigenvalue weighted by Crippen LogP contribution is 2.31. The summed E-state index contributed by atoms with van der Waals surface area (Å²) in [7, 11) is -5.21. The van der Waals surface area contributed by atoms with Gasteiger partial charge in [-0.05, 0) is 18.8 Å². The lowest BCUT2D eigenvalue weighted by atomic mass is 9.98. The molecule has 142 valence electrons. The van der Waals surface area contributed by atoms with Gasteiger partial charge in [-0.15, -0.1) is 11.3 Å². The van der Waals surface area contributed by atoms with Crippen LogP contribution >= 0.6 is 11.3 Å². The van der Waals surface area contributed by atoms with Gasteiger partial charge in [0.05, 0.1) is 5.69 Å². The number of nitrogens with one attached hydrogen (secondary N) is 1. The summed E-state index contributed by atoms with van der Waals surface area (Å²) in [5.74, 6) is 0.110. The molecule has 2 aromatic rings. The first-order valence-electron chi connectivity index (χ1n) is 8.08. The third kappa shape index (κ3) is 4.18. The highest BCUT2D eigenvalue weighted by atomic mass is 32.2. The maximum absolute atomic E-state index is 12.6. The second-order valence-electron chi connectivity index (χ2n) is 6.08. The lowest BCUT2D eigenvalue weighted by Gasteiger charge is -2.31. The van der Waals surface area contributed by atoms with E-state index in [1.165, 1.54) is 11.3 Å². The minimum absolute atomic E-state index is 0.110. The molecule has 0 atom stereocenters. The molecule has 1 aliphatic heterocycles. The summed E-state index contributed by atoms with van der Waals surface area (Å²) < 4.78 is 61.1. The molecule has 26 heavy (non-hydrogen) atoms. The number of nitrogens with zero attached hydrogens (tertiary/aromatic N) is 2. The lowest BCUT2D eigenvalue weighted by molar-refractivity contribution is -0.0496. The molecule has 1 aromatic carbocycles. The van der Waals surface area contributed by atoms with Gasteiger partial charge in [-0.25, -0.2) is 13.4 Å². The van der Waals surface area contributed by atoms with Crippen molar-refractivity contribution >= 4 is 26.5 Å². The fourth-order valence-electron chi connectivity index (χ4n) is 2.83. The predicted octanol–water partition coefficient (Wildman–Crippen LogP) is 3.78. The van der Waals surface area contributed by atoms with Gasteiger partial charge >= 0.3 is 15.5 Å². The van der Waals surface area contributed by atoms with Crippen LogP contribution in [0.25, 0.3) is 11.3 Å². The number of thiazole rings is 1. The molecule has 0 saturated carbocycles. The summed E-state index contributed by atoms with van der Waals surface area (Å²) in [5, 5.41) is 5.89. The molecule has 10 heteroatoms. The van der Waals surface area contributed by atoms with Crippen LogP contribution < -0.4 is 5.32 Å². The van der Waals surface area contributed by atoms with E-state index in [1.54, 1.807) is 0 Å². The van der Waals surface area contributed by atoms with Crippen molar-refractivity contribution in [1.82, 2.24) is 9.29 Å². The Morgan fingerprint density at radius 3 is 2.46 bits per heavy atom.